The van der Waals surface area contributed by atoms with Gasteiger partial charge < -0.3 is 9.72 Å². The highest BCUT2D eigenvalue weighted by Crippen LogP contribution is 2.36. The van der Waals surface area contributed by atoms with E-state index in [4.69, 9.17) is 4.74 Å². The normalized spacial score (nSPS) is 13.8. The van der Waals surface area contributed by atoms with Crippen molar-refractivity contribution in [1.29, 1.82) is 0 Å². The molecule has 0 saturated heterocycles. The van der Waals surface area contributed by atoms with Crippen LogP contribution in [0.2, 0.25) is 0 Å². The van der Waals surface area contributed by atoms with E-state index in [-0.39, 0.29) is 11.3 Å². The van der Waals surface area contributed by atoms with Crippen molar-refractivity contribution in [3.8, 4) is 5.75 Å². The minimum atomic E-state index is -0.201. The SMILES string of the molecule is C=CCCC(=O)c1[nH]c(=O)c2scc3c2c1CCCO3. The topological polar surface area (TPSA) is 59.2 Å². The fourth-order valence-corrected chi connectivity index (χ4v) is 3.46. The molecule has 3 heterocycles. The molecule has 0 bridgehead atoms. The number of Topliss-reactive ketones (excluding diaryl/α,β-unsaturated/α-hetero) is 1. The van der Waals surface area contributed by atoms with Crippen molar-refractivity contribution in [3.63, 3.8) is 0 Å². The largest absolute Gasteiger partial charge is 0.492 e. The van der Waals surface area contributed by atoms with Gasteiger partial charge in [-0.05, 0) is 24.8 Å². The van der Waals surface area contributed by atoms with Crippen LogP contribution in [0, 0.1) is 0 Å². The van der Waals surface area contributed by atoms with Crippen molar-refractivity contribution in [3.05, 3.63) is 39.6 Å². The number of ketones is 1. The molecule has 20 heavy (non-hydrogen) atoms. The van der Waals surface area contributed by atoms with Crippen LogP contribution in [0.25, 0.3) is 10.1 Å². The Balaban J connectivity index is 2.21. The Hall–Kier alpha value is -1.88. The van der Waals surface area contributed by atoms with E-state index in [1.165, 1.54) is 11.3 Å². The number of ether oxygens (including phenoxy) is 1. The van der Waals surface area contributed by atoms with E-state index in [0.29, 0.717) is 29.8 Å². The van der Waals surface area contributed by atoms with Crippen LogP contribution in [0.15, 0.2) is 22.8 Å². The van der Waals surface area contributed by atoms with Crippen molar-refractivity contribution in [1.82, 2.24) is 4.98 Å². The highest BCUT2D eigenvalue weighted by atomic mass is 32.1. The van der Waals surface area contributed by atoms with E-state index < -0.39 is 0 Å². The Morgan fingerprint density at radius 3 is 3.20 bits per heavy atom. The number of H-pyrrole nitrogens is 1. The summed E-state index contributed by atoms with van der Waals surface area (Å²) in [6.45, 7) is 4.25. The van der Waals surface area contributed by atoms with Crippen LogP contribution in [-0.4, -0.2) is 17.4 Å². The smallest absolute Gasteiger partial charge is 0.266 e. The molecule has 5 heteroatoms. The lowest BCUT2D eigenvalue weighted by atomic mass is 10.00. The van der Waals surface area contributed by atoms with Crippen molar-refractivity contribution < 1.29 is 9.53 Å². The van der Waals surface area contributed by atoms with Crippen LogP contribution in [0.4, 0.5) is 0 Å². The van der Waals surface area contributed by atoms with Gasteiger partial charge in [0, 0.05) is 17.2 Å². The van der Waals surface area contributed by atoms with Crippen LogP contribution in [0.5, 0.6) is 5.75 Å². The zero-order valence-corrected chi connectivity index (χ0v) is 11.8. The van der Waals surface area contributed by atoms with Gasteiger partial charge in [0.05, 0.1) is 12.3 Å². The Morgan fingerprint density at radius 1 is 1.55 bits per heavy atom. The van der Waals surface area contributed by atoms with E-state index in [1.54, 1.807) is 6.08 Å². The first-order valence-corrected chi connectivity index (χ1v) is 7.53. The number of aryl methyl sites for hydroxylation is 1. The highest BCUT2D eigenvalue weighted by molar-refractivity contribution is 7.17. The maximum Gasteiger partial charge on any atom is 0.266 e. The number of hydrogen-bond acceptors (Lipinski definition) is 4. The lowest BCUT2D eigenvalue weighted by molar-refractivity contribution is 0.0978. The monoisotopic (exact) mass is 289 g/mol. The summed E-state index contributed by atoms with van der Waals surface area (Å²) >= 11 is 1.37. The first-order chi connectivity index (χ1) is 9.72. The van der Waals surface area contributed by atoms with Gasteiger partial charge in [0.25, 0.3) is 5.56 Å². The second kappa shape index (κ2) is 5.25. The molecule has 0 aliphatic carbocycles. The van der Waals surface area contributed by atoms with Gasteiger partial charge in [-0.2, -0.15) is 0 Å². The number of carbonyl (C=O) groups is 1. The Labute approximate surface area is 120 Å². The number of aromatic amines is 1. The number of carbonyl (C=O) groups excluding carboxylic acids is 1. The second-order valence-corrected chi connectivity index (χ2v) is 5.69. The molecule has 2 aromatic rings. The summed E-state index contributed by atoms with van der Waals surface area (Å²) in [5.41, 5.74) is 1.18. The predicted molar refractivity (Wildman–Crippen MR) is 80.0 cm³/mol. The van der Waals surface area contributed by atoms with Crippen molar-refractivity contribution >= 4 is 27.2 Å². The van der Waals surface area contributed by atoms with Crippen LogP contribution < -0.4 is 10.3 Å². The van der Waals surface area contributed by atoms with E-state index in [0.717, 1.165) is 29.5 Å². The Bertz CT molecular complexity index is 741. The summed E-state index contributed by atoms with van der Waals surface area (Å²) in [5, 5.41) is 2.69. The third-order valence-electron chi connectivity index (χ3n) is 3.49. The standard InChI is InChI=1S/C15H15NO3S/c1-2-3-6-10(17)13-9-5-4-7-19-11-8-20-14(12(9)11)15(18)16-13/h2,8H,1,3-7H2,(H,16,18). The lowest BCUT2D eigenvalue weighted by Crippen LogP contribution is -2.16. The molecule has 3 rings (SSSR count). The van der Waals surface area contributed by atoms with Gasteiger partial charge in [-0.3, -0.25) is 9.59 Å². The number of hydrogen-bond donors (Lipinski definition) is 1. The molecular weight excluding hydrogens is 274 g/mol. The molecule has 0 spiro atoms. The van der Waals surface area contributed by atoms with E-state index in [2.05, 4.69) is 11.6 Å². The van der Waals surface area contributed by atoms with Gasteiger partial charge >= 0.3 is 0 Å². The fourth-order valence-electron chi connectivity index (χ4n) is 2.55. The van der Waals surface area contributed by atoms with E-state index >= 15 is 0 Å². The van der Waals surface area contributed by atoms with Gasteiger partial charge in [-0.15, -0.1) is 17.9 Å². The quantitative estimate of drug-likeness (QED) is 0.695. The number of aromatic nitrogens is 1. The molecule has 1 aliphatic rings. The molecule has 4 nitrogen and oxygen atoms in total. The van der Waals surface area contributed by atoms with Gasteiger partial charge in [-0.1, -0.05) is 6.08 Å². The molecule has 0 saturated carbocycles. The summed E-state index contributed by atoms with van der Waals surface area (Å²) in [4.78, 5) is 27.2. The summed E-state index contributed by atoms with van der Waals surface area (Å²) in [7, 11) is 0. The van der Waals surface area contributed by atoms with E-state index in [1.807, 2.05) is 5.38 Å². The molecule has 0 radical (unpaired) electrons. The molecule has 1 N–H and O–H groups in total. The lowest BCUT2D eigenvalue weighted by Gasteiger charge is -2.08. The van der Waals surface area contributed by atoms with Crippen LogP contribution in [0.1, 0.15) is 35.3 Å². The molecule has 0 aromatic carbocycles. The molecule has 0 fully saturated rings. The minimum absolute atomic E-state index is 0.0297. The molecule has 0 atom stereocenters. The van der Waals surface area contributed by atoms with Gasteiger partial charge in [0.15, 0.2) is 5.78 Å². The molecule has 104 valence electrons. The Morgan fingerprint density at radius 2 is 2.40 bits per heavy atom. The average molecular weight is 289 g/mol. The number of pyridine rings is 1. The van der Waals surface area contributed by atoms with Crippen LogP contribution in [0.3, 0.4) is 0 Å². The molecule has 0 amide bonds. The molecular formula is C15H15NO3S. The van der Waals surface area contributed by atoms with Gasteiger partial charge in [0.2, 0.25) is 0 Å². The predicted octanol–water partition coefficient (Wildman–Crippen LogP) is 3.06. The van der Waals surface area contributed by atoms with Gasteiger partial charge in [0.1, 0.15) is 10.4 Å². The average Bonchev–Trinajstić information content (AvgIpc) is 2.76. The summed E-state index contributed by atoms with van der Waals surface area (Å²) in [6, 6.07) is 0. The van der Waals surface area contributed by atoms with Gasteiger partial charge in [-0.25, -0.2) is 0 Å². The van der Waals surface area contributed by atoms with Crippen molar-refractivity contribution in [2.45, 2.75) is 25.7 Å². The highest BCUT2D eigenvalue weighted by Gasteiger charge is 2.22. The third kappa shape index (κ3) is 2.08. The van der Waals surface area contributed by atoms with Crippen molar-refractivity contribution in [2.75, 3.05) is 6.61 Å². The van der Waals surface area contributed by atoms with Crippen LogP contribution >= 0.6 is 11.3 Å². The molecule has 1 aliphatic heterocycles. The zero-order chi connectivity index (χ0) is 14.1. The minimum Gasteiger partial charge on any atom is -0.492 e. The third-order valence-corrected chi connectivity index (χ3v) is 4.45. The molecule has 0 unspecified atom stereocenters. The summed E-state index contributed by atoms with van der Waals surface area (Å²) < 4.78 is 6.31. The van der Waals surface area contributed by atoms with Crippen LogP contribution in [-0.2, 0) is 6.42 Å². The fraction of sp³-hybridized carbons (Fsp3) is 0.333. The number of rotatable bonds is 4. The summed E-state index contributed by atoms with van der Waals surface area (Å²) in [6.07, 6.45) is 4.31. The Kier molecular flexibility index (Phi) is 3.44. The maximum atomic E-state index is 12.3. The first kappa shape index (κ1) is 13.1. The summed E-state index contributed by atoms with van der Waals surface area (Å²) in [5.74, 6) is 0.708. The second-order valence-electron chi connectivity index (χ2n) is 4.81. The molecule has 2 aromatic heterocycles. The maximum absolute atomic E-state index is 12.3. The number of nitrogens with one attached hydrogen (secondary N) is 1. The first-order valence-electron chi connectivity index (χ1n) is 6.65. The van der Waals surface area contributed by atoms with Crippen molar-refractivity contribution in [2.24, 2.45) is 0 Å². The zero-order valence-electron chi connectivity index (χ0n) is 11.0. The number of allylic oxidation sites excluding steroid dienone is 1. The number of thiophene rings is 1. The van der Waals surface area contributed by atoms with E-state index in [9.17, 15) is 9.59 Å².